The first kappa shape index (κ1) is 21.9. The summed E-state index contributed by atoms with van der Waals surface area (Å²) in [6.45, 7) is 4.30. The third-order valence-corrected chi connectivity index (χ3v) is 7.30. The van der Waals surface area contributed by atoms with Gasteiger partial charge in [-0.2, -0.15) is 0 Å². The molecule has 0 radical (unpaired) electrons. The first-order valence-corrected chi connectivity index (χ1v) is 11.5. The standard InChI is InChI=1S/C24H35N3O4/c1-25-10-12-26(13-11-25)24(29)21-16-27(23(28)17-6-4-5-7-17)15-20(21)19-14-18(30-2)8-9-22(19)31-3/h8-9,14,17,20-21H,4-7,10-13,15-16H2,1-3H3. The number of carbonyl (C=O) groups is 2. The lowest BCUT2D eigenvalue weighted by atomic mass is 9.87. The molecule has 0 bridgehead atoms. The maximum Gasteiger partial charge on any atom is 0.228 e. The van der Waals surface area contributed by atoms with Gasteiger partial charge in [0.05, 0.1) is 20.1 Å². The molecule has 2 heterocycles. The number of methoxy groups -OCH3 is 2. The van der Waals surface area contributed by atoms with Crippen LogP contribution in [0.1, 0.15) is 37.2 Å². The lowest BCUT2D eigenvalue weighted by Crippen LogP contribution is -2.50. The van der Waals surface area contributed by atoms with Crippen LogP contribution in [0.15, 0.2) is 18.2 Å². The minimum absolute atomic E-state index is 0.0949. The Kier molecular flexibility index (Phi) is 6.70. The quantitative estimate of drug-likeness (QED) is 0.718. The molecule has 1 aromatic rings. The zero-order valence-electron chi connectivity index (χ0n) is 19.0. The van der Waals surface area contributed by atoms with Gasteiger partial charge in [-0.1, -0.05) is 12.8 Å². The van der Waals surface area contributed by atoms with E-state index in [1.807, 2.05) is 28.0 Å². The number of piperazine rings is 1. The van der Waals surface area contributed by atoms with Crippen LogP contribution < -0.4 is 9.47 Å². The summed E-state index contributed by atoms with van der Waals surface area (Å²) in [5, 5.41) is 0. The molecule has 7 heteroatoms. The van der Waals surface area contributed by atoms with E-state index in [1.54, 1.807) is 14.2 Å². The Bertz CT molecular complexity index is 800. The Labute approximate surface area is 185 Å². The van der Waals surface area contributed by atoms with E-state index in [-0.39, 0.29) is 29.6 Å². The molecular formula is C24H35N3O4. The predicted molar refractivity (Wildman–Crippen MR) is 118 cm³/mol. The van der Waals surface area contributed by atoms with Gasteiger partial charge in [0.25, 0.3) is 0 Å². The number of likely N-dealkylation sites (tertiary alicyclic amines) is 1. The molecule has 31 heavy (non-hydrogen) atoms. The fraction of sp³-hybridized carbons (Fsp3) is 0.667. The minimum Gasteiger partial charge on any atom is -0.497 e. The van der Waals surface area contributed by atoms with E-state index in [2.05, 4.69) is 11.9 Å². The van der Waals surface area contributed by atoms with Gasteiger partial charge in [-0.15, -0.1) is 0 Å². The SMILES string of the molecule is COc1ccc(OC)c(C2CN(C(=O)C3CCCC3)CC2C(=O)N2CCN(C)CC2)c1. The van der Waals surface area contributed by atoms with Gasteiger partial charge in [0.2, 0.25) is 11.8 Å². The van der Waals surface area contributed by atoms with Gasteiger partial charge in [-0.25, -0.2) is 0 Å². The van der Waals surface area contributed by atoms with Crippen molar-refractivity contribution in [1.29, 1.82) is 0 Å². The summed E-state index contributed by atoms with van der Waals surface area (Å²) < 4.78 is 11.1. The summed E-state index contributed by atoms with van der Waals surface area (Å²) in [5.41, 5.74) is 0.955. The highest BCUT2D eigenvalue weighted by molar-refractivity contribution is 5.84. The second-order valence-electron chi connectivity index (χ2n) is 9.17. The van der Waals surface area contributed by atoms with E-state index in [1.165, 1.54) is 0 Å². The zero-order valence-corrected chi connectivity index (χ0v) is 19.0. The van der Waals surface area contributed by atoms with E-state index in [0.29, 0.717) is 13.1 Å². The van der Waals surface area contributed by atoms with Gasteiger partial charge in [0.15, 0.2) is 0 Å². The molecule has 4 rings (SSSR count). The number of rotatable bonds is 5. The summed E-state index contributed by atoms with van der Waals surface area (Å²) in [4.78, 5) is 33.0. The maximum absolute atomic E-state index is 13.6. The summed E-state index contributed by atoms with van der Waals surface area (Å²) in [6.07, 6.45) is 4.20. The molecule has 0 spiro atoms. The molecule has 3 fully saturated rings. The van der Waals surface area contributed by atoms with Crippen molar-refractivity contribution in [2.75, 3.05) is 60.5 Å². The largest absolute Gasteiger partial charge is 0.497 e. The first-order chi connectivity index (χ1) is 15.0. The van der Waals surface area contributed by atoms with Crippen LogP contribution in [-0.4, -0.2) is 87.0 Å². The van der Waals surface area contributed by atoms with Crippen molar-refractivity contribution < 1.29 is 19.1 Å². The number of carbonyl (C=O) groups excluding carboxylic acids is 2. The first-order valence-electron chi connectivity index (χ1n) is 11.5. The number of ether oxygens (including phenoxy) is 2. The van der Waals surface area contributed by atoms with Crippen LogP contribution in [0.3, 0.4) is 0 Å². The molecule has 3 aliphatic rings. The number of benzene rings is 1. The second-order valence-corrected chi connectivity index (χ2v) is 9.17. The molecule has 2 unspecified atom stereocenters. The van der Waals surface area contributed by atoms with E-state index in [4.69, 9.17) is 9.47 Å². The minimum atomic E-state index is -0.255. The topological polar surface area (TPSA) is 62.3 Å². The van der Waals surface area contributed by atoms with E-state index in [9.17, 15) is 9.59 Å². The van der Waals surface area contributed by atoms with Crippen molar-refractivity contribution in [3.63, 3.8) is 0 Å². The Morgan fingerprint density at radius 2 is 1.61 bits per heavy atom. The molecule has 1 aromatic carbocycles. The van der Waals surface area contributed by atoms with Crippen LogP contribution in [0.5, 0.6) is 11.5 Å². The summed E-state index contributed by atoms with van der Waals surface area (Å²) in [5.74, 6) is 1.63. The third kappa shape index (κ3) is 4.52. The second kappa shape index (κ2) is 9.47. The van der Waals surface area contributed by atoms with Crippen LogP contribution in [0.4, 0.5) is 0 Å². The zero-order chi connectivity index (χ0) is 22.0. The van der Waals surface area contributed by atoms with Crippen LogP contribution in [0.2, 0.25) is 0 Å². The molecule has 2 aliphatic heterocycles. The molecule has 0 N–H and O–H groups in total. The Balaban J connectivity index is 1.62. The molecule has 170 valence electrons. The number of amides is 2. The van der Waals surface area contributed by atoms with Gasteiger partial charge < -0.3 is 24.2 Å². The average Bonchev–Trinajstić information content (AvgIpc) is 3.49. The summed E-state index contributed by atoms with van der Waals surface area (Å²) in [7, 11) is 5.38. The molecule has 7 nitrogen and oxygen atoms in total. The highest BCUT2D eigenvalue weighted by Gasteiger charge is 2.44. The van der Waals surface area contributed by atoms with Gasteiger partial charge >= 0.3 is 0 Å². The Morgan fingerprint density at radius 1 is 0.903 bits per heavy atom. The Hall–Kier alpha value is -2.28. The van der Waals surface area contributed by atoms with Gasteiger partial charge in [-0.3, -0.25) is 9.59 Å². The van der Waals surface area contributed by atoms with Crippen molar-refractivity contribution in [2.45, 2.75) is 31.6 Å². The fourth-order valence-electron chi connectivity index (χ4n) is 5.37. The van der Waals surface area contributed by atoms with Crippen molar-refractivity contribution in [1.82, 2.24) is 14.7 Å². The van der Waals surface area contributed by atoms with Crippen LogP contribution in [-0.2, 0) is 9.59 Å². The van der Waals surface area contributed by atoms with Crippen molar-refractivity contribution in [2.24, 2.45) is 11.8 Å². The molecule has 2 amide bonds. The summed E-state index contributed by atoms with van der Waals surface area (Å²) >= 11 is 0. The highest BCUT2D eigenvalue weighted by Crippen LogP contribution is 2.41. The van der Waals surface area contributed by atoms with Gasteiger partial charge in [0, 0.05) is 56.7 Å². The normalized spacial score (nSPS) is 25.1. The van der Waals surface area contributed by atoms with E-state index < -0.39 is 0 Å². The fourth-order valence-corrected chi connectivity index (χ4v) is 5.37. The third-order valence-electron chi connectivity index (χ3n) is 7.30. The average molecular weight is 430 g/mol. The molecule has 1 aliphatic carbocycles. The molecule has 2 atom stereocenters. The van der Waals surface area contributed by atoms with Gasteiger partial charge in [0.1, 0.15) is 11.5 Å². The number of likely N-dealkylation sites (N-methyl/N-ethyl adjacent to an activating group) is 1. The Morgan fingerprint density at radius 3 is 2.26 bits per heavy atom. The van der Waals surface area contributed by atoms with E-state index >= 15 is 0 Å². The number of hydrogen-bond donors (Lipinski definition) is 0. The van der Waals surface area contributed by atoms with Crippen LogP contribution in [0.25, 0.3) is 0 Å². The molecular weight excluding hydrogens is 394 g/mol. The van der Waals surface area contributed by atoms with Crippen molar-refractivity contribution >= 4 is 11.8 Å². The number of nitrogens with zero attached hydrogens (tertiary/aromatic N) is 3. The van der Waals surface area contributed by atoms with E-state index in [0.717, 1.165) is 68.9 Å². The highest BCUT2D eigenvalue weighted by atomic mass is 16.5. The smallest absolute Gasteiger partial charge is 0.228 e. The lowest BCUT2D eigenvalue weighted by Gasteiger charge is -2.35. The monoisotopic (exact) mass is 429 g/mol. The maximum atomic E-state index is 13.6. The number of hydrogen-bond acceptors (Lipinski definition) is 5. The van der Waals surface area contributed by atoms with Gasteiger partial charge in [-0.05, 0) is 38.1 Å². The molecule has 2 saturated heterocycles. The lowest BCUT2D eigenvalue weighted by molar-refractivity contribution is -0.138. The van der Waals surface area contributed by atoms with Crippen LogP contribution >= 0.6 is 0 Å². The van der Waals surface area contributed by atoms with Crippen molar-refractivity contribution in [3.8, 4) is 11.5 Å². The predicted octanol–water partition coefficient (Wildman–Crippen LogP) is 2.21. The molecule has 1 saturated carbocycles. The molecule has 0 aromatic heterocycles. The van der Waals surface area contributed by atoms with Crippen LogP contribution in [0, 0.1) is 11.8 Å². The summed E-state index contributed by atoms with van der Waals surface area (Å²) in [6, 6.07) is 5.74. The van der Waals surface area contributed by atoms with Crippen molar-refractivity contribution in [3.05, 3.63) is 23.8 Å².